The van der Waals surface area contributed by atoms with Crippen molar-refractivity contribution in [2.45, 2.75) is 0 Å². The van der Waals surface area contributed by atoms with Crippen molar-refractivity contribution in [2.24, 2.45) is 0 Å². The Bertz CT molecular complexity index is 106. The van der Waals surface area contributed by atoms with Crippen molar-refractivity contribution in [2.75, 3.05) is 35.5 Å². The first-order valence-corrected chi connectivity index (χ1v) is 7.89. The molecule has 0 bridgehead atoms. The van der Waals surface area contributed by atoms with E-state index in [-0.39, 0.29) is 0 Å². The zero-order chi connectivity index (χ0) is 9.61. The largest absolute Gasteiger partial charge is 0.534 e. The van der Waals surface area contributed by atoms with Gasteiger partial charge >= 0.3 is 17.1 Å². The molecule has 0 saturated carbocycles. The van der Waals surface area contributed by atoms with Crippen LogP contribution in [0.1, 0.15) is 0 Å². The SMILES string of the molecule is CO[SiH](OC)[Si](OC)(OC)OC. The van der Waals surface area contributed by atoms with Gasteiger partial charge in [-0.2, -0.15) is 0 Å². The summed E-state index contributed by atoms with van der Waals surface area (Å²) in [5.41, 5.74) is 0. The quantitative estimate of drug-likeness (QED) is 0.553. The fourth-order valence-electron chi connectivity index (χ4n) is 0.924. The molecule has 0 aromatic carbocycles. The van der Waals surface area contributed by atoms with Crippen LogP contribution in [-0.4, -0.2) is 52.7 Å². The molecule has 0 rings (SSSR count). The fourth-order valence-corrected chi connectivity index (χ4v) is 6.23. The van der Waals surface area contributed by atoms with Crippen molar-refractivity contribution < 1.29 is 22.1 Å². The highest BCUT2D eigenvalue weighted by Gasteiger charge is 2.51. The minimum absolute atomic E-state index is 1.54. The second-order valence-electron chi connectivity index (χ2n) is 2.02. The molecular formula is C5H16O5Si2. The van der Waals surface area contributed by atoms with Gasteiger partial charge in [-0.3, -0.25) is 0 Å². The van der Waals surface area contributed by atoms with Gasteiger partial charge in [-0.25, -0.2) is 0 Å². The van der Waals surface area contributed by atoms with E-state index in [0.717, 1.165) is 0 Å². The molecule has 0 aliphatic rings. The first kappa shape index (κ1) is 12.2. The van der Waals surface area contributed by atoms with E-state index in [1.165, 1.54) is 21.3 Å². The predicted molar refractivity (Wildman–Crippen MR) is 47.9 cm³/mol. The Balaban J connectivity index is 4.42. The van der Waals surface area contributed by atoms with E-state index in [0.29, 0.717) is 0 Å². The van der Waals surface area contributed by atoms with E-state index < -0.39 is 17.1 Å². The molecule has 0 N–H and O–H groups in total. The van der Waals surface area contributed by atoms with Gasteiger partial charge in [0.05, 0.1) is 0 Å². The Kier molecular flexibility index (Phi) is 5.92. The van der Waals surface area contributed by atoms with Gasteiger partial charge in [-0.05, 0) is 0 Å². The monoisotopic (exact) mass is 212 g/mol. The highest BCUT2D eigenvalue weighted by atomic mass is 29.3. The Morgan fingerprint density at radius 3 is 1.17 bits per heavy atom. The lowest BCUT2D eigenvalue weighted by atomic mass is 11.8. The first-order chi connectivity index (χ1) is 5.70. The molecule has 74 valence electrons. The van der Waals surface area contributed by atoms with E-state index in [4.69, 9.17) is 22.1 Å². The van der Waals surface area contributed by atoms with Crippen LogP contribution < -0.4 is 0 Å². The van der Waals surface area contributed by atoms with Crippen molar-refractivity contribution in [3.63, 3.8) is 0 Å². The topological polar surface area (TPSA) is 46.2 Å². The molecule has 0 saturated heterocycles. The Hall–Kier alpha value is 0.234. The molecule has 0 aliphatic heterocycles. The molecule has 0 aromatic rings. The van der Waals surface area contributed by atoms with Crippen molar-refractivity contribution >= 4 is 17.1 Å². The second kappa shape index (κ2) is 5.81. The third-order valence-electron chi connectivity index (χ3n) is 1.57. The number of hydrogen-bond acceptors (Lipinski definition) is 5. The summed E-state index contributed by atoms with van der Waals surface area (Å²) in [7, 11) is 3.13. The minimum atomic E-state index is -2.65. The molecule has 0 aliphatic carbocycles. The third-order valence-corrected chi connectivity index (χ3v) is 9.98. The molecule has 0 aromatic heterocycles. The van der Waals surface area contributed by atoms with Crippen LogP contribution in [0.25, 0.3) is 0 Å². The lowest BCUT2D eigenvalue weighted by Crippen LogP contribution is -2.59. The van der Waals surface area contributed by atoms with Gasteiger partial charge in [-0.1, -0.05) is 0 Å². The highest BCUT2D eigenvalue weighted by Crippen LogP contribution is 2.11. The average molecular weight is 212 g/mol. The van der Waals surface area contributed by atoms with Crippen LogP contribution in [-0.2, 0) is 22.1 Å². The average Bonchev–Trinajstić information content (AvgIpc) is 2.14. The van der Waals surface area contributed by atoms with E-state index in [9.17, 15) is 0 Å². The van der Waals surface area contributed by atoms with E-state index in [1.54, 1.807) is 14.2 Å². The highest BCUT2D eigenvalue weighted by molar-refractivity contribution is 7.18. The van der Waals surface area contributed by atoms with Gasteiger partial charge in [0, 0.05) is 35.5 Å². The zero-order valence-electron chi connectivity index (χ0n) is 8.12. The summed E-state index contributed by atoms with van der Waals surface area (Å²) in [4.78, 5) is 0. The fraction of sp³-hybridized carbons (Fsp3) is 1.00. The lowest BCUT2D eigenvalue weighted by molar-refractivity contribution is 0.125. The Labute approximate surface area is 75.5 Å². The maximum absolute atomic E-state index is 5.19. The second-order valence-corrected chi connectivity index (χ2v) is 9.59. The molecular weight excluding hydrogens is 196 g/mol. The summed E-state index contributed by atoms with van der Waals surface area (Å²) in [5, 5.41) is 0. The van der Waals surface area contributed by atoms with Gasteiger partial charge < -0.3 is 22.1 Å². The van der Waals surface area contributed by atoms with E-state index >= 15 is 0 Å². The van der Waals surface area contributed by atoms with Crippen molar-refractivity contribution in [1.82, 2.24) is 0 Å². The van der Waals surface area contributed by atoms with Crippen LogP contribution in [0.3, 0.4) is 0 Å². The summed E-state index contributed by atoms with van der Waals surface area (Å²) < 4.78 is 25.8. The molecule has 0 spiro atoms. The van der Waals surface area contributed by atoms with Crippen molar-refractivity contribution in [3.8, 4) is 0 Å². The van der Waals surface area contributed by atoms with Crippen LogP contribution in [0.4, 0.5) is 0 Å². The molecule has 5 nitrogen and oxygen atoms in total. The van der Waals surface area contributed by atoms with Gasteiger partial charge in [-0.15, -0.1) is 0 Å². The molecule has 12 heavy (non-hydrogen) atoms. The summed E-state index contributed by atoms with van der Waals surface area (Å²) in [5.74, 6) is 0. The molecule has 7 heteroatoms. The normalized spacial score (nSPS) is 12.5. The van der Waals surface area contributed by atoms with Crippen molar-refractivity contribution in [3.05, 3.63) is 0 Å². The summed E-state index contributed by atoms with van der Waals surface area (Å²) in [6, 6.07) is 0. The molecule has 0 heterocycles. The van der Waals surface area contributed by atoms with Gasteiger partial charge in [0.25, 0.3) is 0 Å². The van der Waals surface area contributed by atoms with E-state index in [2.05, 4.69) is 0 Å². The van der Waals surface area contributed by atoms with Gasteiger partial charge in [0.2, 0.25) is 0 Å². The summed E-state index contributed by atoms with van der Waals surface area (Å²) >= 11 is 0. The molecule has 0 fully saturated rings. The number of rotatable bonds is 6. The molecule has 0 radical (unpaired) electrons. The van der Waals surface area contributed by atoms with Crippen molar-refractivity contribution in [1.29, 1.82) is 0 Å². The summed E-state index contributed by atoms with van der Waals surface area (Å²) in [6.45, 7) is 0. The predicted octanol–water partition coefficient (Wildman–Crippen LogP) is -0.544. The minimum Gasteiger partial charge on any atom is -0.397 e. The van der Waals surface area contributed by atoms with Crippen LogP contribution in [0, 0.1) is 0 Å². The van der Waals surface area contributed by atoms with Crippen LogP contribution in [0.5, 0.6) is 0 Å². The molecule has 0 amide bonds. The van der Waals surface area contributed by atoms with Crippen LogP contribution >= 0.6 is 0 Å². The molecule has 0 atom stereocenters. The van der Waals surface area contributed by atoms with E-state index in [1.807, 2.05) is 0 Å². The first-order valence-electron chi connectivity index (χ1n) is 3.41. The standard InChI is InChI=1S/C5H16O5Si2/c1-6-11(7-2)12(8-3,9-4)10-5/h11H,1-5H3. The van der Waals surface area contributed by atoms with Gasteiger partial charge in [0.15, 0.2) is 0 Å². The van der Waals surface area contributed by atoms with Crippen LogP contribution in [0.2, 0.25) is 0 Å². The number of hydrogen-bond donors (Lipinski definition) is 0. The molecule has 0 unspecified atom stereocenters. The van der Waals surface area contributed by atoms with Gasteiger partial charge in [0.1, 0.15) is 0 Å². The van der Waals surface area contributed by atoms with Crippen LogP contribution in [0.15, 0.2) is 0 Å². The maximum Gasteiger partial charge on any atom is 0.534 e. The smallest absolute Gasteiger partial charge is 0.397 e. The Morgan fingerprint density at radius 1 is 0.750 bits per heavy atom. The third kappa shape index (κ3) is 2.36. The zero-order valence-corrected chi connectivity index (χ0v) is 10.3. The Morgan fingerprint density at radius 2 is 1.08 bits per heavy atom. The summed E-state index contributed by atoms with van der Waals surface area (Å²) in [6.07, 6.45) is 0. The maximum atomic E-state index is 5.19. The lowest BCUT2D eigenvalue weighted by Gasteiger charge is -2.28.